The first-order chi connectivity index (χ1) is 18.9. The maximum atomic E-state index is 14.0. The first-order valence-corrected chi connectivity index (χ1v) is 13.4. The second kappa shape index (κ2) is 11.5. The zero-order chi connectivity index (χ0) is 27.6. The van der Waals surface area contributed by atoms with Gasteiger partial charge in [0.15, 0.2) is 11.5 Å². The highest BCUT2D eigenvalue weighted by Crippen LogP contribution is 2.54. The Hall–Kier alpha value is -3.27. The number of nitrogens with one attached hydrogen (secondary N) is 1. The molecule has 39 heavy (non-hydrogen) atoms. The molecule has 9 nitrogen and oxygen atoms in total. The third-order valence-electron chi connectivity index (χ3n) is 7.51. The van der Waals surface area contributed by atoms with Crippen LogP contribution in [0.5, 0.6) is 23.0 Å². The number of hydrogen-bond donors (Lipinski definition) is 1. The lowest BCUT2D eigenvalue weighted by Gasteiger charge is -2.38. The van der Waals surface area contributed by atoms with Crippen LogP contribution >= 0.6 is 11.6 Å². The van der Waals surface area contributed by atoms with Gasteiger partial charge in [0.2, 0.25) is 11.4 Å². The van der Waals surface area contributed by atoms with E-state index in [0.717, 1.165) is 44.2 Å². The maximum Gasteiger partial charge on any atom is 0.220 e. The van der Waals surface area contributed by atoms with Crippen LogP contribution in [0.25, 0.3) is 0 Å². The molecule has 0 aromatic heterocycles. The van der Waals surface area contributed by atoms with Gasteiger partial charge in [0.05, 0.1) is 33.1 Å². The van der Waals surface area contributed by atoms with Gasteiger partial charge in [-0.1, -0.05) is 30.7 Å². The van der Waals surface area contributed by atoms with Crippen LogP contribution in [0.15, 0.2) is 42.1 Å². The topological polar surface area (TPSA) is 95.6 Å². The molecular weight excluding hydrogens is 524 g/mol. The fourth-order valence-electron chi connectivity index (χ4n) is 5.34. The lowest BCUT2D eigenvalue weighted by atomic mass is 9.74. The minimum absolute atomic E-state index is 0.0809. The minimum Gasteiger partial charge on any atom is -0.496 e. The summed E-state index contributed by atoms with van der Waals surface area (Å²) in [6.07, 6.45) is 1.63. The van der Waals surface area contributed by atoms with E-state index in [1.54, 1.807) is 6.07 Å². The summed E-state index contributed by atoms with van der Waals surface area (Å²) in [4.78, 5) is 28.9. The molecule has 0 radical (unpaired) electrons. The first-order valence-electron chi connectivity index (χ1n) is 13.1. The number of benzene rings is 2. The summed E-state index contributed by atoms with van der Waals surface area (Å²) in [5.41, 5.74) is 0.172. The summed E-state index contributed by atoms with van der Waals surface area (Å²) < 4.78 is 28.5. The highest BCUT2D eigenvalue weighted by atomic mass is 35.5. The molecule has 0 bridgehead atoms. The Kier molecular flexibility index (Phi) is 8.02. The molecule has 0 unspecified atom stereocenters. The first kappa shape index (κ1) is 27.3. The zero-order valence-corrected chi connectivity index (χ0v) is 23.1. The predicted octanol–water partition coefficient (Wildman–Crippen LogP) is 3.66. The van der Waals surface area contributed by atoms with Gasteiger partial charge in [-0.25, -0.2) is 0 Å². The minimum atomic E-state index is -1.43. The molecule has 2 aromatic carbocycles. The molecule has 2 atom stereocenters. The van der Waals surface area contributed by atoms with E-state index in [2.05, 4.69) is 10.2 Å². The van der Waals surface area contributed by atoms with Crippen LogP contribution < -0.4 is 24.3 Å². The molecule has 3 aliphatic rings. The smallest absolute Gasteiger partial charge is 0.220 e. The number of ether oxygens (including phenoxy) is 5. The summed E-state index contributed by atoms with van der Waals surface area (Å²) in [6.45, 7) is 7.05. The number of nitrogens with zero attached hydrogens (tertiary/aromatic N) is 1. The van der Waals surface area contributed by atoms with E-state index in [9.17, 15) is 9.59 Å². The predicted molar refractivity (Wildman–Crippen MR) is 145 cm³/mol. The normalized spacial score (nSPS) is 22.8. The van der Waals surface area contributed by atoms with E-state index >= 15 is 0 Å². The second-order valence-corrected chi connectivity index (χ2v) is 10.3. The lowest BCUT2D eigenvalue weighted by molar-refractivity contribution is -0.117. The van der Waals surface area contributed by atoms with E-state index < -0.39 is 11.5 Å². The van der Waals surface area contributed by atoms with Crippen LogP contribution in [0.3, 0.4) is 0 Å². The average Bonchev–Trinajstić information content (AvgIpc) is 3.26. The lowest BCUT2D eigenvalue weighted by Crippen LogP contribution is -2.54. The molecule has 1 fully saturated rings. The van der Waals surface area contributed by atoms with Gasteiger partial charge < -0.3 is 29.0 Å². The quantitative estimate of drug-likeness (QED) is 0.496. The van der Waals surface area contributed by atoms with Gasteiger partial charge >= 0.3 is 0 Å². The van der Waals surface area contributed by atoms with Gasteiger partial charge in [-0.15, -0.1) is 0 Å². The van der Waals surface area contributed by atoms with Crippen LogP contribution in [0.4, 0.5) is 0 Å². The third-order valence-corrected chi connectivity index (χ3v) is 7.87. The molecule has 1 aliphatic carbocycles. The average molecular weight is 557 g/mol. The fraction of sp³-hybridized carbons (Fsp3) is 0.448. The van der Waals surface area contributed by atoms with E-state index in [4.69, 9.17) is 35.3 Å². The van der Waals surface area contributed by atoms with Crippen molar-refractivity contribution in [2.24, 2.45) is 5.92 Å². The molecule has 5 rings (SSSR count). The Balaban J connectivity index is 1.31. The number of Topliss-reactive ketones (excluding diaryl/α,β-unsaturated/α-hetero) is 1. The number of carbonyl (C=O) groups excluding carboxylic acids is 2. The van der Waals surface area contributed by atoms with Gasteiger partial charge in [0, 0.05) is 50.7 Å². The zero-order valence-electron chi connectivity index (χ0n) is 22.4. The highest BCUT2D eigenvalue weighted by molar-refractivity contribution is 6.35. The van der Waals surface area contributed by atoms with Crippen LogP contribution in [-0.4, -0.2) is 75.7 Å². The molecule has 0 saturated carbocycles. The van der Waals surface area contributed by atoms with Gasteiger partial charge in [-0.3, -0.25) is 14.5 Å². The van der Waals surface area contributed by atoms with Crippen molar-refractivity contribution in [2.45, 2.75) is 25.5 Å². The van der Waals surface area contributed by atoms with Gasteiger partial charge in [-0.2, -0.15) is 0 Å². The molecule has 1 spiro atoms. The number of halogens is 1. The van der Waals surface area contributed by atoms with Crippen molar-refractivity contribution in [1.29, 1.82) is 0 Å². The highest BCUT2D eigenvalue weighted by Gasteiger charge is 2.58. The van der Waals surface area contributed by atoms with E-state index in [1.165, 1.54) is 20.3 Å². The summed E-state index contributed by atoms with van der Waals surface area (Å²) >= 11 is 6.56. The Morgan fingerprint density at radius 2 is 1.82 bits per heavy atom. The Morgan fingerprint density at radius 3 is 2.51 bits per heavy atom. The third kappa shape index (κ3) is 5.18. The Morgan fingerprint density at radius 1 is 1.10 bits per heavy atom. The van der Waals surface area contributed by atoms with Crippen molar-refractivity contribution < 1.29 is 33.3 Å². The van der Waals surface area contributed by atoms with Crippen molar-refractivity contribution >= 4 is 23.2 Å². The van der Waals surface area contributed by atoms with E-state index in [1.807, 2.05) is 31.2 Å². The van der Waals surface area contributed by atoms with Crippen LogP contribution in [-0.2, 0) is 16.1 Å². The summed E-state index contributed by atoms with van der Waals surface area (Å²) in [6, 6.07) is 9.31. The monoisotopic (exact) mass is 556 g/mol. The van der Waals surface area contributed by atoms with Crippen molar-refractivity contribution in [3.63, 3.8) is 0 Å². The molecule has 1 N–H and O–H groups in total. The second-order valence-electron chi connectivity index (χ2n) is 9.90. The molecule has 2 aromatic rings. The van der Waals surface area contributed by atoms with Crippen molar-refractivity contribution in [1.82, 2.24) is 10.2 Å². The summed E-state index contributed by atoms with van der Waals surface area (Å²) in [5, 5.41) is 3.49. The SMILES string of the molecule is COc1cc(OC)c2c(c1Cl)O[C@]1(C2=O)C(NCc2ccc(OCCN3CCOCC3)cc2)=CC(=O)C[C@H]1C. The van der Waals surface area contributed by atoms with E-state index in [0.29, 0.717) is 30.3 Å². The molecule has 2 aliphatic heterocycles. The maximum absolute atomic E-state index is 14.0. The summed E-state index contributed by atoms with van der Waals surface area (Å²) in [7, 11) is 2.95. The van der Waals surface area contributed by atoms with Crippen LogP contribution in [0, 0.1) is 5.92 Å². The van der Waals surface area contributed by atoms with Gasteiger partial charge in [0.1, 0.15) is 34.4 Å². The Bertz CT molecular complexity index is 1270. The number of allylic oxidation sites excluding steroid dienone is 1. The van der Waals surface area contributed by atoms with Crippen molar-refractivity contribution in [3.8, 4) is 23.0 Å². The van der Waals surface area contributed by atoms with Crippen LogP contribution in [0.1, 0.15) is 29.3 Å². The fourth-order valence-corrected chi connectivity index (χ4v) is 5.61. The standard InChI is InChI=1S/C29H33ClN2O7/c1-18-14-20(33)15-24(29(18)28(34)25-22(35-2)16-23(36-3)26(30)27(25)39-29)31-17-19-4-6-21(7-5-19)38-13-10-32-8-11-37-12-9-32/h4-7,15-16,18,31H,8-14,17H2,1-3H3/t18-,29+/m1/s1. The summed E-state index contributed by atoms with van der Waals surface area (Å²) in [5.74, 6) is 0.800. The molecule has 2 heterocycles. The van der Waals surface area contributed by atoms with Crippen LogP contribution in [0.2, 0.25) is 5.02 Å². The van der Waals surface area contributed by atoms with Gasteiger partial charge in [-0.05, 0) is 17.7 Å². The number of ketones is 2. The molecule has 208 valence electrons. The molecular formula is C29H33ClN2O7. The number of hydrogen-bond acceptors (Lipinski definition) is 9. The van der Waals surface area contributed by atoms with Crippen molar-refractivity contribution in [3.05, 3.63) is 58.3 Å². The molecule has 0 amide bonds. The largest absolute Gasteiger partial charge is 0.496 e. The molecule has 10 heteroatoms. The number of carbonyl (C=O) groups is 2. The van der Waals surface area contributed by atoms with E-state index in [-0.39, 0.29) is 34.3 Å². The number of morpholine rings is 1. The number of fused-ring (bicyclic) bond motifs is 1. The number of methoxy groups -OCH3 is 2. The molecule has 1 saturated heterocycles. The number of rotatable bonds is 9. The van der Waals surface area contributed by atoms with Gasteiger partial charge in [0.25, 0.3) is 0 Å². The Labute approximate surface area is 232 Å². The van der Waals surface area contributed by atoms with Crippen molar-refractivity contribution in [2.75, 3.05) is 53.7 Å².